The summed E-state index contributed by atoms with van der Waals surface area (Å²) in [4.78, 5) is 42.5. The van der Waals surface area contributed by atoms with Crippen molar-refractivity contribution >= 4 is 134 Å². The Morgan fingerprint density at radius 2 is 0.572 bits per heavy atom. The second-order valence-corrected chi connectivity index (χ2v) is 38.2. The quantitative estimate of drug-likeness (QED) is 0.115. The number of aromatic nitrogens is 9. The van der Waals surface area contributed by atoms with Gasteiger partial charge in [0, 0.05) is 102 Å². The Bertz CT molecular complexity index is 8200. The van der Waals surface area contributed by atoms with Crippen LogP contribution in [0.25, 0.3) is 190 Å². The van der Waals surface area contributed by atoms with Crippen molar-refractivity contribution in [3.8, 4) is 124 Å². The average Bonchev–Trinajstić information content (AvgIpc) is 1.56. The minimum Gasteiger partial charge on any atom is -0.456 e. The van der Waals surface area contributed by atoms with Crippen LogP contribution in [0.5, 0.6) is 0 Å². The molecule has 0 radical (unpaired) electrons. The van der Waals surface area contributed by atoms with Crippen molar-refractivity contribution in [1.82, 2.24) is 44.9 Å². The van der Waals surface area contributed by atoms with Crippen LogP contribution in [-0.4, -0.2) is 80.3 Å². The lowest BCUT2D eigenvalue weighted by Gasteiger charge is -2.32. The highest BCUT2D eigenvalue weighted by molar-refractivity contribution is 9.11. The lowest BCUT2D eigenvalue weighted by atomic mass is 9.75. The van der Waals surface area contributed by atoms with Gasteiger partial charge in [-0.05, 0) is 171 Å². The fraction of sp³-hybridized carbons (Fsp3) is 0.103. The van der Waals surface area contributed by atoms with Gasteiger partial charge in [-0.2, -0.15) is 9.97 Å². The van der Waals surface area contributed by atoms with E-state index in [0.29, 0.717) is 52.1 Å². The van der Waals surface area contributed by atoms with Crippen LogP contribution < -0.4 is 10.9 Å². The Balaban J connectivity index is 0.000000108. The van der Waals surface area contributed by atoms with Crippen molar-refractivity contribution in [1.29, 1.82) is 0 Å². The molecule has 0 saturated carbocycles. The van der Waals surface area contributed by atoms with Gasteiger partial charge in [-0.3, -0.25) is 0 Å². The lowest BCUT2D eigenvalue weighted by molar-refractivity contribution is 0.00578. The molecule has 21 heteroatoms. The smallest absolute Gasteiger partial charge is 0.456 e. The number of hydrogen-bond acceptors (Lipinski definition) is 16. The van der Waals surface area contributed by atoms with Gasteiger partial charge < -0.3 is 32.6 Å². The minimum absolute atomic E-state index is 0.0865. The molecule has 25 rings (SSSR count). The third-order valence-electron chi connectivity index (χ3n) is 26.4. The number of fused-ring (bicyclic) bond motifs is 15. The Kier molecular flexibility index (Phi) is 24.0. The maximum Gasteiger partial charge on any atom is 0.496 e. The number of furan rings is 3. The van der Waals surface area contributed by atoms with E-state index in [4.69, 9.17) is 64.1 Å². The Morgan fingerprint density at radius 3 is 0.986 bits per heavy atom. The second kappa shape index (κ2) is 37.0. The van der Waals surface area contributed by atoms with Crippen molar-refractivity contribution in [2.24, 2.45) is 0 Å². The monoisotopic (exact) mass is 1950 g/mol. The highest BCUT2D eigenvalue weighted by Crippen LogP contribution is 2.53. The van der Waals surface area contributed by atoms with Crippen LogP contribution in [0.4, 0.5) is 0 Å². The van der Waals surface area contributed by atoms with Crippen LogP contribution in [0.3, 0.4) is 0 Å². The predicted molar refractivity (Wildman–Crippen MR) is 564 cm³/mol. The van der Waals surface area contributed by atoms with Crippen molar-refractivity contribution in [2.75, 3.05) is 0 Å². The van der Waals surface area contributed by atoms with Crippen LogP contribution >= 0.6 is 43.5 Å². The van der Waals surface area contributed by atoms with Gasteiger partial charge >= 0.3 is 14.2 Å². The third-order valence-corrected chi connectivity index (χ3v) is 28.2. The summed E-state index contributed by atoms with van der Waals surface area (Å²) in [6, 6.07) is 126. The first kappa shape index (κ1) is 89.7. The van der Waals surface area contributed by atoms with E-state index < -0.39 is 14.2 Å². The SMILES string of the molecule is Brc1c(-c2nc(-c3ccccc3)nc(-c3ccccc3)n2)ccc2oc3ccccc3c12.CC1(C)OB(c2ccc3oc4ccccc4c3c2Br)OC1(C)C.CC1(C)c2ccccc2-c2ccc(-c3c(-c4nc(-c5ccccc5)nc(-c5ccccc5)n4)ccc4oc5ccccc5c34)cc21.CC1(C)c2ccccc2-c2ccc(B(O)O)cc21.Clc1nc(-c2ccccc2)nc(-c2ccccc2)n1. The molecule has 16 nitrogen and oxygen atoms in total. The molecule has 0 bridgehead atoms. The van der Waals surface area contributed by atoms with E-state index in [-0.39, 0.29) is 27.3 Å². The first-order valence-corrected chi connectivity index (χ1v) is 47.6. The number of halogens is 3. The first-order valence-electron chi connectivity index (χ1n) is 45.6. The molecule has 1 aliphatic heterocycles. The molecular weight excluding hydrogens is 1860 g/mol. The Morgan fingerprint density at radius 1 is 0.268 bits per heavy atom. The van der Waals surface area contributed by atoms with Crippen LogP contribution in [0, 0.1) is 0 Å². The van der Waals surface area contributed by atoms with E-state index in [1.54, 1.807) is 6.07 Å². The summed E-state index contributed by atoms with van der Waals surface area (Å²) in [6.07, 6.45) is 0. The molecule has 0 amide bonds. The standard InChI is InChI=1S/C42H29N3O.C27H16BrN3O.C18H18BBrO3.C15H15BO2.C15H10ClN3/c1-42(2)33-19-11-9-17-29(33)30-22-21-28(25-34(30)42)37-32(23-24-36-38(37)31-18-10-12-20-35(31)46-36)41-44-39(26-13-5-3-6-14-26)43-40(45-41)27-15-7-4-8-16-27;28-24-20(15-16-22-23(24)19-13-7-8-14-21(19)32-22)27-30-25(17-9-3-1-4-10-17)29-26(31-27)18-11-5-2-6-12-18;1-17(2)18(3,4)23-19(22-17)12-9-10-14-15(16(12)20)11-7-5-6-8-13(11)21-14;1-15(2)13-6-4-3-5-11(13)12-8-7-10(16(17)18)9-14(12)15;16-15-18-13(11-7-3-1-4-8-11)17-14(19-15)12-9-5-2-6-10-12/h3-25H,1-2H3;1-16H;5-10H,1-4H3;3-9,17-18H,1-2H3;1-10H. The third kappa shape index (κ3) is 17.1. The number of benzene rings is 16. The van der Waals surface area contributed by atoms with E-state index in [0.717, 1.165) is 141 Å². The summed E-state index contributed by atoms with van der Waals surface area (Å²) >= 11 is 13.6. The van der Waals surface area contributed by atoms with Crippen molar-refractivity contribution in [2.45, 2.75) is 77.4 Å². The molecular formula is C117H88B2Br2ClN9O7. The fourth-order valence-corrected chi connectivity index (χ4v) is 20.2. The van der Waals surface area contributed by atoms with Crippen molar-refractivity contribution < 1.29 is 32.6 Å². The largest absolute Gasteiger partial charge is 0.496 e. The Hall–Kier alpha value is -14.8. The normalized spacial score (nSPS) is 13.7. The molecule has 0 unspecified atom stereocenters. The topological polar surface area (TPSA) is 214 Å². The average molecular weight is 1950 g/mol. The zero-order valence-electron chi connectivity index (χ0n) is 76.5. The number of nitrogens with zero attached hydrogens (tertiary/aromatic N) is 9. The van der Waals surface area contributed by atoms with Gasteiger partial charge in [-0.1, -0.05) is 365 Å². The highest BCUT2D eigenvalue weighted by atomic mass is 79.9. The molecule has 7 heterocycles. The zero-order chi connectivity index (χ0) is 94.7. The molecule has 0 atom stereocenters. The van der Waals surface area contributed by atoms with Crippen LogP contribution in [0.15, 0.2) is 398 Å². The second-order valence-electron chi connectivity index (χ2n) is 36.2. The molecule has 6 aromatic heterocycles. The summed E-state index contributed by atoms with van der Waals surface area (Å²) in [6.45, 7) is 17.2. The molecule has 2 N–H and O–H groups in total. The molecule has 0 spiro atoms. The Labute approximate surface area is 820 Å². The molecule has 22 aromatic rings. The van der Waals surface area contributed by atoms with Crippen LogP contribution in [0.1, 0.15) is 77.6 Å². The fourth-order valence-electron chi connectivity index (χ4n) is 18.6. The maximum atomic E-state index is 9.30. The maximum absolute atomic E-state index is 9.30. The summed E-state index contributed by atoms with van der Waals surface area (Å²) in [7, 11) is -1.80. The lowest BCUT2D eigenvalue weighted by Crippen LogP contribution is -2.41. The summed E-state index contributed by atoms with van der Waals surface area (Å²) in [5.74, 6) is 4.95. The van der Waals surface area contributed by atoms with E-state index >= 15 is 0 Å². The zero-order valence-corrected chi connectivity index (χ0v) is 80.5. The molecule has 3 aliphatic rings. The van der Waals surface area contributed by atoms with Crippen LogP contribution in [-0.2, 0) is 20.1 Å². The number of hydrogen-bond donors (Lipinski definition) is 2. The van der Waals surface area contributed by atoms with Gasteiger partial charge in [0.25, 0.3) is 0 Å². The van der Waals surface area contributed by atoms with Gasteiger partial charge in [0.2, 0.25) is 5.28 Å². The molecule has 1 fully saturated rings. The molecule has 1 saturated heterocycles. The summed E-state index contributed by atoms with van der Waals surface area (Å²) < 4.78 is 32.6. The molecule has 16 aromatic carbocycles. The van der Waals surface area contributed by atoms with E-state index in [9.17, 15) is 10.0 Å². The number of rotatable bonds is 11. The van der Waals surface area contributed by atoms with E-state index in [1.165, 1.54) is 38.9 Å². The van der Waals surface area contributed by atoms with Gasteiger partial charge in [-0.15, -0.1) is 0 Å². The molecule has 2 aliphatic carbocycles. The van der Waals surface area contributed by atoms with Crippen molar-refractivity contribution in [3.63, 3.8) is 0 Å². The molecule has 670 valence electrons. The van der Waals surface area contributed by atoms with E-state index in [2.05, 4.69) is 193 Å². The first-order chi connectivity index (χ1) is 67.0. The van der Waals surface area contributed by atoms with Gasteiger partial charge in [0.15, 0.2) is 46.6 Å². The van der Waals surface area contributed by atoms with Gasteiger partial charge in [0.1, 0.15) is 33.5 Å². The molecule has 138 heavy (non-hydrogen) atoms. The van der Waals surface area contributed by atoms with Gasteiger partial charge in [0.05, 0.1) is 11.2 Å². The van der Waals surface area contributed by atoms with E-state index in [1.807, 2.05) is 279 Å². The number of para-hydroxylation sites is 3. The minimum atomic E-state index is -1.41. The summed E-state index contributed by atoms with van der Waals surface area (Å²) in [5.41, 5.74) is 25.5. The summed E-state index contributed by atoms with van der Waals surface area (Å²) in [5, 5.41) is 25.1. The van der Waals surface area contributed by atoms with Crippen molar-refractivity contribution in [3.05, 3.63) is 413 Å². The van der Waals surface area contributed by atoms with Crippen LogP contribution in [0.2, 0.25) is 5.28 Å². The van der Waals surface area contributed by atoms with Gasteiger partial charge in [-0.25, -0.2) is 34.9 Å². The highest BCUT2D eigenvalue weighted by Gasteiger charge is 2.52. The predicted octanol–water partition coefficient (Wildman–Crippen LogP) is 28.5.